The largest absolute Gasteiger partial charge is 0.345 e. The predicted molar refractivity (Wildman–Crippen MR) is 116 cm³/mol. The van der Waals surface area contributed by atoms with E-state index in [0.717, 1.165) is 22.7 Å². The van der Waals surface area contributed by atoms with E-state index in [2.05, 4.69) is 11.9 Å². The highest BCUT2D eigenvalue weighted by Gasteiger charge is 2.52. The summed E-state index contributed by atoms with van der Waals surface area (Å²) in [5, 5.41) is 2.79. The van der Waals surface area contributed by atoms with Crippen LogP contribution in [0.25, 0.3) is 0 Å². The quantitative estimate of drug-likeness (QED) is 0.371. The Labute approximate surface area is 181 Å². The van der Waals surface area contributed by atoms with Crippen molar-refractivity contribution in [1.29, 1.82) is 0 Å². The van der Waals surface area contributed by atoms with Crippen molar-refractivity contribution in [3.63, 3.8) is 0 Å². The van der Waals surface area contributed by atoms with Crippen LogP contribution in [0.5, 0.6) is 0 Å². The maximum Gasteiger partial charge on any atom is 0.325 e. The lowest BCUT2D eigenvalue weighted by atomic mass is 9.84. The number of benzene rings is 1. The van der Waals surface area contributed by atoms with E-state index in [-0.39, 0.29) is 12.3 Å². The number of allylic oxidation sites excluding steroid dienone is 1. The van der Waals surface area contributed by atoms with Crippen LogP contribution in [0.15, 0.2) is 43.0 Å². The Morgan fingerprint density at radius 1 is 1.23 bits per heavy atom. The van der Waals surface area contributed by atoms with Crippen LogP contribution in [-0.4, -0.2) is 33.7 Å². The number of urea groups is 1. The molecule has 1 aromatic heterocycles. The van der Waals surface area contributed by atoms with E-state index >= 15 is 0 Å². The zero-order valence-corrected chi connectivity index (χ0v) is 18.2. The number of hydrogen-bond acceptors (Lipinski definition) is 3. The second-order valence-corrected chi connectivity index (χ2v) is 7.94. The van der Waals surface area contributed by atoms with Crippen LogP contribution in [0.2, 0.25) is 0 Å². The van der Waals surface area contributed by atoms with Crippen molar-refractivity contribution >= 4 is 17.7 Å². The third kappa shape index (κ3) is 4.04. The molecule has 1 aliphatic heterocycles. The number of amides is 3. The Hall–Kier alpha value is -3.22. The molecule has 0 saturated carbocycles. The van der Waals surface area contributed by atoms with Gasteiger partial charge in [0.1, 0.15) is 11.4 Å². The SMILES string of the molecule is C=CCn1c(C)cc(C(=O)CN2C(=O)NC(CCCC)(c3ccc(F)cc3)C2=O)c1C. The normalized spacial score (nSPS) is 18.4. The summed E-state index contributed by atoms with van der Waals surface area (Å²) in [6.07, 6.45) is 3.63. The number of nitrogens with zero attached hydrogens (tertiary/aromatic N) is 2. The van der Waals surface area contributed by atoms with Gasteiger partial charge in [0, 0.05) is 23.5 Å². The van der Waals surface area contributed by atoms with Crippen LogP contribution in [0.1, 0.15) is 53.5 Å². The lowest BCUT2D eigenvalue weighted by Crippen LogP contribution is -2.44. The van der Waals surface area contributed by atoms with Crippen molar-refractivity contribution in [3.8, 4) is 0 Å². The smallest absolute Gasteiger partial charge is 0.325 e. The predicted octanol–water partition coefficient (Wildman–Crippen LogP) is 4.25. The first-order valence-corrected chi connectivity index (χ1v) is 10.5. The third-order valence-corrected chi connectivity index (χ3v) is 5.91. The summed E-state index contributed by atoms with van der Waals surface area (Å²) in [4.78, 5) is 40.2. The minimum absolute atomic E-state index is 0.308. The van der Waals surface area contributed by atoms with E-state index in [1.807, 2.05) is 25.3 Å². The van der Waals surface area contributed by atoms with Crippen molar-refractivity contribution < 1.29 is 18.8 Å². The fourth-order valence-electron chi connectivity index (χ4n) is 4.18. The number of hydrogen-bond donors (Lipinski definition) is 1. The van der Waals surface area contributed by atoms with Gasteiger partial charge < -0.3 is 9.88 Å². The van der Waals surface area contributed by atoms with Gasteiger partial charge in [-0.25, -0.2) is 9.18 Å². The zero-order valence-electron chi connectivity index (χ0n) is 18.2. The molecular formula is C24H28FN3O3. The summed E-state index contributed by atoms with van der Waals surface area (Å²) < 4.78 is 15.4. The molecular weight excluding hydrogens is 397 g/mol. The number of imide groups is 1. The van der Waals surface area contributed by atoms with Crippen LogP contribution < -0.4 is 5.32 Å². The minimum Gasteiger partial charge on any atom is -0.345 e. The van der Waals surface area contributed by atoms with Gasteiger partial charge in [-0.15, -0.1) is 6.58 Å². The first kappa shape index (κ1) is 22.5. The average Bonchev–Trinajstić information content (AvgIpc) is 3.16. The Kier molecular flexibility index (Phi) is 6.43. The molecule has 1 atom stereocenters. The van der Waals surface area contributed by atoms with E-state index in [4.69, 9.17) is 0 Å². The molecule has 7 heteroatoms. The standard InChI is InChI=1S/C24H28FN3O3/c1-5-7-12-24(18-8-10-19(25)11-9-18)22(30)28(23(31)26-24)15-21(29)20-14-16(3)27(13-6-2)17(20)4/h6,8-11,14H,2,5,7,12-13,15H2,1,3-4H3,(H,26,31). The molecule has 31 heavy (non-hydrogen) atoms. The lowest BCUT2D eigenvalue weighted by molar-refractivity contribution is -0.131. The molecule has 1 fully saturated rings. The molecule has 1 unspecified atom stereocenters. The second-order valence-electron chi connectivity index (χ2n) is 7.94. The van der Waals surface area contributed by atoms with Crippen molar-refractivity contribution in [3.05, 3.63) is 71.3 Å². The van der Waals surface area contributed by atoms with E-state index < -0.39 is 23.3 Å². The second kappa shape index (κ2) is 8.88. The molecule has 3 amide bonds. The third-order valence-electron chi connectivity index (χ3n) is 5.91. The molecule has 164 valence electrons. The number of aryl methyl sites for hydroxylation is 1. The fraction of sp³-hybridized carbons (Fsp3) is 0.375. The molecule has 2 heterocycles. The number of aromatic nitrogens is 1. The summed E-state index contributed by atoms with van der Waals surface area (Å²) in [5.41, 5.74) is 1.38. The molecule has 0 radical (unpaired) electrons. The molecule has 2 aromatic rings. The summed E-state index contributed by atoms with van der Waals surface area (Å²) in [6, 6.07) is 6.72. The number of carbonyl (C=O) groups excluding carboxylic acids is 3. The fourth-order valence-corrected chi connectivity index (χ4v) is 4.18. The van der Waals surface area contributed by atoms with Crippen molar-refractivity contribution in [2.75, 3.05) is 6.54 Å². The maximum absolute atomic E-state index is 13.5. The van der Waals surface area contributed by atoms with Crippen molar-refractivity contribution in [2.24, 2.45) is 0 Å². The van der Waals surface area contributed by atoms with Gasteiger partial charge >= 0.3 is 6.03 Å². The molecule has 6 nitrogen and oxygen atoms in total. The van der Waals surface area contributed by atoms with Gasteiger partial charge in [-0.2, -0.15) is 0 Å². The highest BCUT2D eigenvalue weighted by Crippen LogP contribution is 2.34. The summed E-state index contributed by atoms with van der Waals surface area (Å²) in [5.74, 6) is -1.21. The zero-order chi connectivity index (χ0) is 22.8. The van der Waals surface area contributed by atoms with E-state index in [1.54, 1.807) is 12.1 Å². The number of nitrogens with one attached hydrogen (secondary N) is 1. The Balaban J connectivity index is 1.91. The highest BCUT2D eigenvalue weighted by molar-refractivity contribution is 6.11. The Bertz CT molecular complexity index is 1030. The van der Waals surface area contributed by atoms with Gasteiger partial charge in [-0.05, 0) is 44.0 Å². The molecule has 0 bridgehead atoms. The van der Waals surface area contributed by atoms with Crippen LogP contribution in [0, 0.1) is 19.7 Å². The van der Waals surface area contributed by atoms with Crippen LogP contribution in [0.3, 0.4) is 0 Å². The summed E-state index contributed by atoms with van der Waals surface area (Å²) in [6.45, 7) is 9.67. The summed E-state index contributed by atoms with van der Waals surface area (Å²) in [7, 11) is 0. The van der Waals surface area contributed by atoms with Gasteiger partial charge in [-0.1, -0.05) is 38.0 Å². The molecule has 1 aromatic carbocycles. The Morgan fingerprint density at radius 3 is 2.52 bits per heavy atom. The first-order chi connectivity index (χ1) is 14.7. The first-order valence-electron chi connectivity index (χ1n) is 10.5. The monoisotopic (exact) mass is 425 g/mol. The number of rotatable bonds is 9. The number of unbranched alkanes of at least 4 members (excludes halogenated alkanes) is 1. The summed E-state index contributed by atoms with van der Waals surface area (Å²) >= 11 is 0. The van der Waals surface area contributed by atoms with E-state index in [0.29, 0.717) is 30.5 Å². The number of ketones is 1. The van der Waals surface area contributed by atoms with Gasteiger partial charge in [0.25, 0.3) is 5.91 Å². The van der Waals surface area contributed by atoms with Crippen LogP contribution >= 0.6 is 0 Å². The highest BCUT2D eigenvalue weighted by atomic mass is 19.1. The maximum atomic E-state index is 13.5. The van der Waals surface area contributed by atoms with E-state index in [1.165, 1.54) is 24.3 Å². The molecule has 1 saturated heterocycles. The lowest BCUT2D eigenvalue weighted by Gasteiger charge is -2.27. The van der Waals surface area contributed by atoms with Crippen molar-refractivity contribution in [1.82, 2.24) is 14.8 Å². The number of Topliss-reactive ketones (excluding diaryl/α,β-unsaturated/α-hetero) is 1. The van der Waals surface area contributed by atoms with Crippen molar-refractivity contribution in [2.45, 2.75) is 52.1 Å². The van der Waals surface area contributed by atoms with Gasteiger partial charge in [0.05, 0.1) is 6.54 Å². The molecule has 3 rings (SSSR count). The van der Waals surface area contributed by atoms with E-state index in [9.17, 15) is 18.8 Å². The van der Waals surface area contributed by atoms with Gasteiger partial charge in [0.15, 0.2) is 5.78 Å². The number of halogens is 1. The molecule has 0 spiro atoms. The molecule has 0 aliphatic carbocycles. The van der Waals surface area contributed by atoms with Gasteiger partial charge in [0.2, 0.25) is 0 Å². The number of carbonyl (C=O) groups is 3. The van der Waals surface area contributed by atoms with Crippen LogP contribution in [0.4, 0.5) is 9.18 Å². The minimum atomic E-state index is -1.29. The van der Waals surface area contributed by atoms with Gasteiger partial charge in [-0.3, -0.25) is 14.5 Å². The molecule has 1 aliphatic rings. The Morgan fingerprint density at radius 2 is 1.90 bits per heavy atom. The molecule has 1 N–H and O–H groups in total. The topological polar surface area (TPSA) is 71.4 Å². The average molecular weight is 426 g/mol. The van der Waals surface area contributed by atoms with Crippen LogP contribution in [-0.2, 0) is 16.9 Å².